The van der Waals surface area contributed by atoms with Crippen molar-refractivity contribution in [3.63, 3.8) is 0 Å². The van der Waals surface area contributed by atoms with Gasteiger partial charge < -0.3 is 0 Å². The summed E-state index contributed by atoms with van der Waals surface area (Å²) in [6.45, 7) is 2.19. The van der Waals surface area contributed by atoms with Crippen molar-refractivity contribution >= 4 is 5.78 Å². The zero-order valence-corrected chi connectivity index (χ0v) is 7.88. The minimum absolute atomic E-state index is 0.454. The molecule has 0 saturated heterocycles. The van der Waals surface area contributed by atoms with Crippen molar-refractivity contribution in [3.8, 4) is 0 Å². The third-order valence-corrected chi connectivity index (χ3v) is 2.45. The molecule has 0 unspecified atom stereocenters. The molecule has 1 fully saturated rings. The maximum atomic E-state index is 10.9. The van der Waals surface area contributed by atoms with Gasteiger partial charge in [0.1, 0.15) is 5.78 Å². The molecule has 1 aliphatic carbocycles. The molecule has 0 heterocycles. The van der Waals surface area contributed by atoms with Crippen molar-refractivity contribution in [2.24, 2.45) is 5.92 Å². The molecule has 0 amide bonds. The summed E-state index contributed by atoms with van der Waals surface area (Å²) in [5.74, 6) is 1.14. The lowest BCUT2D eigenvalue weighted by molar-refractivity contribution is -0.120. The Kier molecular flexibility index (Phi) is 4.06. The molecular weight excluding hydrogens is 148 g/mol. The van der Waals surface area contributed by atoms with E-state index < -0.39 is 0 Å². The van der Waals surface area contributed by atoms with Crippen LogP contribution in [0.4, 0.5) is 0 Å². The molecule has 0 spiro atoms. The molecule has 0 aliphatic heterocycles. The minimum atomic E-state index is 0.454. The summed E-state index contributed by atoms with van der Waals surface area (Å²) in [6.07, 6.45) is 10.8. The smallest absolute Gasteiger partial charge is 0.132 e. The largest absolute Gasteiger partial charge is 0.300 e. The summed E-state index contributed by atoms with van der Waals surface area (Å²) < 4.78 is 0. The zero-order chi connectivity index (χ0) is 8.81. The van der Waals surface area contributed by atoms with Gasteiger partial charge in [0.05, 0.1) is 0 Å². The van der Waals surface area contributed by atoms with Gasteiger partial charge in [-0.1, -0.05) is 25.5 Å². The van der Waals surface area contributed by atoms with Gasteiger partial charge in [-0.3, -0.25) is 4.79 Å². The number of hydrogen-bond acceptors (Lipinski definition) is 1. The maximum Gasteiger partial charge on any atom is 0.132 e. The average Bonchev–Trinajstić information content (AvgIpc) is 2.09. The van der Waals surface area contributed by atoms with Gasteiger partial charge in [-0.25, -0.2) is 0 Å². The van der Waals surface area contributed by atoms with Crippen LogP contribution in [0.2, 0.25) is 0 Å². The molecule has 0 aromatic heterocycles. The fourth-order valence-corrected chi connectivity index (χ4v) is 1.61. The summed E-state index contributed by atoms with van der Waals surface area (Å²) in [5.41, 5.74) is 0. The van der Waals surface area contributed by atoms with Crippen LogP contribution in [0.3, 0.4) is 0 Å². The minimum Gasteiger partial charge on any atom is -0.300 e. The van der Waals surface area contributed by atoms with Gasteiger partial charge in [0.25, 0.3) is 0 Å². The monoisotopic (exact) mass is 166 g/mol. The first-order valence-corrected chi connectivity index (χ1v) is 5.01. The van der Waals surface area contributed by atoms with Gasteiger partial charge in [0, 0.05) is 12.8 Å². The van der Waals surface area contributed by atoms with E-state index in [0.29, 0.717) is 11.7 Å². The van der Waals surface area contributed by atoms with E-state index in [-0.39, 0.29) is 0 Å². The van der Waals surface area contributed by atoms with Crippen LogP contribution < -0.4 is 0 Å². The summed E-state index contributed by atoms with van der Waals surface area (Å²) >= 11 is 0. The van der Waals surface area contributed by atoms with Gasteiger partial charge in [-0.15, -0.1) is 0 Å². The highest BCUT2D eigenvalue weighted by molar-refractivity contribution is 5.79. The molecular formula is C11H18O. The van der Waals surface area contributed by atoms with E-state index in [1.54, 1.807) is 0 Å². The third-order valence-electron chi connectivity index (χ3n) is 2.45. The van der Waals surface area contributed by atoms with Crippen LogP contribution >= 0.6 is 0 Å². The lowest BCUT2D eigenvalue weighted by Crippen LogP contribution is -2.11. The number of rotatable bonds is 3. The van der Waals surface area contributed by atoms with Crippen molar-refractivity contribution in [1.82, 2.24) is 0 Å². The highest BCUT2D eigenvalue weighted by Crippen LogP contribution is 2.22. The first-order valence-electron chi connectivity index (χ1n) is 5.01. The Bertz CT molecular complexity index is 160. The Hall–Kier alpha value is -0.590. The fraction of sp³-hybridized carbons (Fsp3) is 0.727. The van der Waals surface area contributed by atoms with Gasteiger partial charge in [0.15, 0.2) is 0 Å². The standard InChI is InChI=1S/C11H18O/c1-2-3-4-5-10-6-8-11(12)9-7-10/h4-5,10H,2-3,6-9H2,1H3. The number of ketones is 1. The Labute approximate surface area is 74.9 Å². The van der Waals surface area contributed by atoms with Crippen molar-refractivity contribution in [2.45, 2.75) is 45.4 Å². The van der Waals surface area contributed by atoms with E-state index in [1.807, 2.05) is 0 Å². The van der Waals surface area contributed by atoms with Crippen LogP contribution in [0.1, 0.15) is 45.4 Å². The Morgan fingerprint density at radius 2 is 2.08 bits per heavy atom. The number of unbranched alkanes of at least 4 members (excludes halogenated alkanes) is 1. The number of carbonyl (C=O) groups excluding carboxylic acids is 1. The Morgan fingerprint density at radius 1 is 1.42 bits per heavy atom. The van der Waals surface area contributed by atoms with Gasteiger partial charge >= 0.3 is 0 Å². The van der Waals surface area contributed by atoms with Crippen molar-refractivity contribution in [1.29, 1.82) is 0 Å². The van der Waals surface area contributed by atoms with Gasteiger partial charge in [0.2, 0.25) is 0 Å². The molecule has 1 aliphatic rings. The normalized spacial score (nSPS) is 20.6. The highest BCUT2D eigenvalue weighted by atomic mass is 16.1. The van der Waals surface area contributed by atoms with E-state index in [1.165, 1.54) is 12.8 Å². The lowest BCUT2D eigenvalue weighted by atomic mass is 9.88. The summed E-state index contributed by atoms with van der Waals surface area (Å²) in [5, 5.41) is 0. The Morgan fingerprint density at radius 3 is 2.67 bits per heavy atom. The van der Waals surface area contributed by atoms with Crippen LogP contribution in [0, 0.1) is 5.92 Å². The number of hydrogen-bond donors (Lipinski definition) is 0. The zero-order valence-electron chi connectivity index (χ0n) is 7.88. The number of carbonyl (C=O) groups is 1. The second-order valence-corrected chi connectivity index (χ2v) is 3.59. The van der Waals surface area contributed by atoms with Crippen molar-refractivity contribution in [3.05, 3.63) is 12.2 Å². The number of allylic oxidation sites excluding steroid dienone is 2. The molecule has 0 radical (unpaired) electrons. The molecule has 1 rings (SSSR count). The topological polar surface area (TPSA) is 17.1 Å². The second-order valence-electron chi connectivity index (χ2n) is 3.59. The average molecular weight is 166 g/mol. The second kappa shape index (κ2) is 5.13. The van der Waals surface area contributed by atoms with Crippen molar-refractivity contribution in [2.75, 3.05) is 0 Å². The predicted octanol–water partition coefficient (Wildman–Crippen LogP) is 3.10. The quantitative estimate of drug-likeness (QED) is 0.589. The maximum absolute atomic E-state index is 10.9. The molecule has 0 aromatic rings. The van der Waals surface area contributed by atoms with Crippen LogP contribution in [0.15, 0.2) is 12.2 Å². The lowest BCUT2D eigenvalue weighted by Gasteiger charge is -2.16. The molecule has 0 aromatic carbocycles. The number of Topliss-reactive ketones (excluding diaryl/α,β-unsaturated/α-hetero) is 1. The SMILES string of the molecule is CCCC=CC1CCC(=O)CC1. The van der Waals surface area contributed by atoms with Gasteiger partial charge in [-0.2, -0.15) is 0 Å². The fourth-order valence-electron chi connectivity index (χ4n) is 1.61. The molecule has 0 bridgehead atoms. The first kappa shape index (κ1) is 9.50. The predicted molar refractivity (Wildman–Crippen MR) is 51.0 cm³/mol. The third kappa shape index (κ3) is 3.21. The Balaban J connectivity index is 2.21. The van der Waals surface area contributed by atoms with Gasteiger partial charge in [-0.05, 0) is 25.2 Å². The van der Waals surface area contributed by atoms with Crippen LogP contribution in [0.25, 0.3) is 0 Å². The molecule has 1 heteroatoms. The van der Waals surface area contributed by atoms with E-state index in [9.17, 15) is 4.79 Å². The summed E-state index contributed by atoms with van der Waals surface area (Å²) in [7, 11) is 0. The van der Waals surface area contributed by atoms with E-state index in [4.69, 9.17) is 0 Å². The molecule has 1 saturated carbocycles. The summed E-state index contributed by atoms with van der Waals surface area (Å²) in [4.78, 5) is 10.9. The molecule has 68 valence electrons. The van der Waals surface area contributed by atoms with Crippen LogP contribution in [0.5, 0.6) is 0 Å². The van der Waals surface area contributed by atoms with Crippen LogP contribution in [-0.4, -0.2) is 5.78 Å². The molecule has 0 atom stereocenters. The van der Waals surface area contributed by atoms with E-state index in [2.05, 4.69) is 19.1 Å². The summed E-state index contributed by atoms with van der Waals surface area (Å²) in [6, 6.07) is 0. The molecule has 12 heavy (non-hydrogen) atoms. The van der Waals surface area contributed by atoms with Crippen molar-refractivity contribution < 1.29 is 4.79 Å². The molecule has 0 N–H and O–H groups in total. The van der Waals surface area contributed by atoms with Crippen LogP contribution in [-0.2, 0) is 4.79 Å². The molecule has 1 nitrogen and oxygen atoms in total. The first-order chi connectivity index (χ1) is 5.83. The highest BCUT2D eigenvalue weighted by Gasteiger charge is 2.15. The van der Waals surface area contributed by atoms with E-state index >= 15 is 0 Å². The van der Waals surface area contributed by atoms with E-state index in [0.717, 1.165) is 25.7 Å².